The monoisotopic (exact) mass is 302 g/mol. The molecular formula is C17H19FN2O2. The Bertz CT molecular complexity index is 724. The van der Waals surface area contributed by atoms with Crippen molar-refractivity contribution in [3.05, 3.63) is 41.3 Å². The van der Waals surface area contributed by atoms with E-state index >= 15 is 0 Å². The fraction of sp³-hybridized carbons (Fsp3) is 0.412. The largest absolute Gasteiger partial charge is 0.388 e. The maximum atomic E-state index is 13.2. The summed E-state index contributed by atoms with van der Waals surface area (Å²) in [7, 11) is 0. The van der Waals surface area contributed by atoms with Crippen LogP contribution in [0.3, 0.4) is 0 Å². The number of fused-ring (bicyclic) bond motifs is 1. The summed E-state index contributed by atoms with van der Waals surface area (Å²) < 4.78 is 13.2. The number of aliphatic hydroxyl groups is 1. The SMILES string of the molecule is Cc1nc2cc(F)ccc2cc1C(=O)NCC1(O)CCCC1. The van der Waals surface area contributed by atoms with E-state index in [1.54, 1.807) is 19.1 Å². The lowest BCUT2D eigenvalue weighted by atomic mass is 10.0. The van der Waals surface area contributed by atoms with Gasteiger partial charge in [-0.05, 0) is 38.0 Å². The summed E-state index contributed by atoms with van der Waals surface area (Å²) in [5, 5.41) is 13.8. The molecule has 1 aromatic carbocycles. The third-order valence-corrected chi connectivity index (χ3v) is 4.33. The summed E-state index contributed by atoms with van der Waals surface area (Å²) in [5.41, 5.74) is 0.759. The van der Waals surface area contributed by atoms with Gasteiger partial charge in [0, 0.05) is 18.0 Å². The molecule has 4 nitrogen and oxygen atoms in total. The van der Waals surface area contributed by atoms with Crippen LogP contribution in [0, 0.1) is 12.7 Å². The summed E-state index contributed by atoms with van der Waals surface area (Å²) in [4.78, 5) is 16.6. The van der Waals surface area contributed by atoms with Gasteiger partial charge in [0.2, 0.25) is 0 Å². The minimum absolute atomic E-state index is 0.253. The number of carbonyl (C=O) groups is 1. The summed E-state index contributed by atoms with van der Waals surface area (Å²) in [6.07, 6.45) is 3.44. The van der Waals surface area contributed by atoms with Gasteiger partial charge in [0.05, 0.1) is 22.4 Å². The molecule has 3 rings (SSSR count). The molecule has 0 spiro atoms. The number of nitrogens with zero attached hydrogens (tertiary/aromatic N) is 1. The molecule has 0 aliphatic heterocycles. The Morgan fingerprint density at radius 3 is 2.82 bits per heavy atom. The molecule has 2 aromatic rings. The van der Waals surface area contributed by atoms with Gasteiger partial charge >= 0.3 is 0 Å². The molecule has 2 N–H and O–H groups in total. The first-order valence-corrected chi connectivity index (χ1v) is 7.54. The van der Waals surface area contributed by atoms with E-state index < -0.39 is 5.60 Å². The minimum atomic E-state index is -0.781. The molecule has 0 bridgehead atoms. The number of hydrogen-bond donors (Lipinski definition) is 2. The van der Waals surface area contributed by atoms with Crippen LogP contribution in [-0.2, 0) is 0 Å². The second-order valence-electron chi connectivity index (χ2n) is 6.07. The topological polar surface area (TPSA) is 62.2 Å². The number of rotatable bonds is 3. The Labute approximate surface area is 128 Å². The van der Waals surface area contributed by atoms with Crippen molar-refractivity contribution >= 4 is 16.8 Å². The summed E-state index contributed by atoms with van der Waals surface area (Å²) in [6.45, 7) is 1.98. The number of aryl methyl sites for hydroxylation is 1. The molecule has 5 heteroatoms. The van der Waals surface area contributed by atoms with Gasteiger partial charge in [-0.2, -0.15) is 0 Å². The van der Waals surface area contributed by atoms with Gasteiger partial charge in [0.1, 0.15) is 5.82 Å². The normalized spacial score (nSPS) is 16.9. The quantitative estimate of drug-likeness (QED) is 0.916. The van der Waals surface area contributed by atoms with E-state index in [0.717, 1.165) is 31.1 Å². The molecule has 1 saturated carbocycles. The van der Waals surface area contributed by atoms with E-state index in [4.69, 9.17) is 0 Å². The first-order valence-electron chi connectivity index (χ1n) is 7.54. The van der Waals surface area contributed by atoms with Crippen molar-refractivity contribution in [2.45, 2.75) is 38.2 Å². The molecule has 1 heterocycles. The van der Waals surface area contributed by atoms with Gasteiger partial charge in [-0.1, -0.05) is 12.8 Å². The molecule has 116 valence electrons. The second-order valence-corrected chi connectivity index (χ2v) is 6.07. The zero-order valence-electron chi connectivity index (χ0n) is 12.5. The number of amides is 1. The molecule has 0 radical (unpaired) electrons. The Morgan fingerprint density at radius 1 is 1.36 bits per heavy atom. The smallest absolute Gasteiger partial charge is 0.253 e. The van der Waals surface area contributed by atoms with E-state index in [0.29, 0.717) is 16.8 Å². The lowest BCUT2D eigenvalue weighted by Gasteiger charge is -2.22. The Morgan fingerprint density at radius 2 is 2.09 bits per heavy atom. The molecule has 0 atom stereocenters. The summed E-state index contributed by atoms with van der Waals surface area (Å²) in [5.74, 6) is -0.600. The van der Waals surface area contributed by atoms with Crippen LogP contribution in [0.4, 0.5) is 4.39 Å². The predicted molar refractivity (Wildman–Crippen MR) is 82.2 cm³/mol. The van der Waals surface area contributed by atoms with Crippen LogP contribution < -0.4 is 5.32 Å². The Kier molecular flexibility index (Phi) is 3.83. The van der Waals surface area contributed by atoms with Gasteiger partial charge in [0.15, 0.2) is 0 Å². The third-order valence-electron chi connectivity index (χ3n) is 4.33. The summed E-state index contributed by atoms with van der Waals surface area (Å²) >= 11 is 0. The number of aromatic nitrogens is 1. The van der Waals surface area contributed by atoms with Gasteiger partial charge in [0.25, 0.3) is 5.91 Å². The molecular weight excluding hydrogens is 283 g/mol. The molecule has 1 aromatic heterocycles. The van der Waals surface area contributed by atoms with Crippen molar-refractivity contribution in [3.63, 3.8) is 0 Å². The van der Waals surface area contributed by atoms with Gasteiger partial charge in [-0.15, -0.1) is 0 Å². The van der Waals surface area contributed by atoms with Gasteiger partial charge in [-0.3, -0.25) is 9.78 Å². The standard InChI is InChI=1S/C17H19FN2O2/c1-11-14(8-12-4-5-13(18)9-15(12)20-11)16(21)19-10-17(22)6-2-3-7-17/h4-5,8-9,22H,2-3,6-7,10H2,1H3,(H,19,21). The molecule has 0 saturated heterocycles. The molecule has 1 aliphatic rings. The van der Waals surface area contributed by atoms with Crippen molar-refractivity contribution in [2.24, 2.45) is 0 Å². The van der Waals surface area contributed by atoms with E-state index in [1.807, 2.05) is 0 Å². The Balaban J connectivity index is 1.81. The fourth-order valence-electron chi connectivity index (χ4n) is 3.02. The van der Waals surface area contributed by atoms with Crippen LogP contribution >= 0.6 is 0 Å². The van der Waals surface area contributed by atoms with Crippen LogP contribution in [0.5, 0.6) is 0 Å². The maximum absolute atomic E-state index is 13.2. The number of benzene rings is 1. The van der Waals surface area contributed by atoms with Crippen molar-refractivity contribution in [3.8, 4) is 0 Å². The zero-order chi connectivity index (χ0) is 15.7. The van der Waals surface area contributed by atoms with E-state index in [2.05, 4.69) is 10.3 Å². The van der Waals surface area contributed by atoms with Crippen molar-refractivity contribution in [2.75, 3.05) is 6.54 Å². The van der Waals surface area contributed by atoms with Crippen LogP contribution in [0.1, 0.15) is 41.7 Å². The number of pyridine rings is 1. The first-order chi connectivity index (χ1) is 10.5. The molecule has 1 fully saturated rings. The number of hydrogen-bond acceptors (Lipinski definition) is 3. The van der Waals surface area contributed by atoms with Crippen LogP contribution in [0.15, 0.2) is 24.3 Å². The highest BCUT2D eigenvalue weighted by molar-refractivity contribution is 5.98. The van der Waals surface area contributed by atoms with Crippen LogP contribution in [0.2, 0.25) is 0 Å². The predicted octanol–water partition coefficient (Wildman–Crippen LogP) is 2.72. The summed E-state index contributed by atoms with van der Waals surface area (Å²) in [6, 6.07) is 6.02. The number of halogens is 1. The average Bonchev–Trinajstić information content (AvgIpc) is 2.91. The highest BCUT2D eigenvalue weighted by Crippen LogP contribution is 2.28. The molecule has 0 unspecified atom stereocenters. The Hall–Kier alpha value is -2.01. The highest BCUT2D eigenvalue weighted by atomic mass is 19.1. The van der Waals surface area contributed by atoms with Crippen LogP contribution in [0.25, 0.3) is 10.9 Å². The molecule has 22 heavy (non-hydrogen) atoms. The minimum Gasteiger partial charge on any atom is -0.388 e. The lowest BCUT2D eigenvalue weighted by molar-refractivity contribution is 0.0449. The van der Waals surface area contributed by atoms with Crippen molar-refractivity contribution in [1.82, 2.24) is 10.3 Å². The lowest BCUT2D eigenvalue weighted by Crippen LogP contribution is -2.41. The number of nitrogens with one attached hydrogen (secondary N) is 1. The zero-order valence-corrected chi connectivity index (χ0v) is 12.5. The molecule has 1 amide bonds. The van der Waals surface area contributed by atoms with E-state index in [9.17, 15) is 14.3 Å². The number of carbonyl (C=O) groups excluding carboxylic acids is 1. The van der Waals surface area contributed by atoms with E-state index in [1.165, 1.54) is 12.1 Å². The second kappa shape index (κ2) is 5.65. The third kappa shape index (κ3) is 2.95. The highest BCUT2D eigenvalue weighted by Gasteiger charge is 2.31. The average molecular weight is 302 g/mol. The fourth-order valence-corrected chi connectivity index (χ4v) is 3.02. The first kappa shape index (κ1) is 14.9. The van der Waals surface area contributed by atoms with Crippen molar-refractivity contribution < 1.29 is 14.3 Å². The van der Waals surface area contributed by atoms with Gasteiger partial charge in [-0.25, -0.2) is 4.39 Å². The van der Waals surface area contributed by atoms with Crippen molar-refractivity contribution in [1.29, 1.82) is 0 Å². The maximum Gasteiger partial charge on any atom is 0.253 e. The molecule has 1 aliphatic carbocycles. The van der Waals surface area contributed by atoms with E-state index in [-0.39, 0.29) is 18.3 Å². The van der Waals surface area contributed by atoms with Gasteiger partial charge < -0.3 is 10.4 Å². The van der Waals surface area contributed by atoms with Crippen LogP contribution in [-0.4, -0.2) is 28.1 Å².